The Balaban J connectivity index is 1.72. The van der Waals surface area contributed by atoms with Gasteiger partial charge < -0.3 is 20.9 Å². The fraction of sp³-hybridized carbons (Fsp3) is 0.160. The largest absolute Gasteiger partial charge is 0.388 e. The number of anilines is 3. The molecule has 1 aliphatic rings. The van der Waals surface area contributed by atoms with Crippen LogP contribution in [0.1, 0.15) is 18.2 Å². The summed E-state index contributed by atoms with van der Waals surface area (Å²) in [5.74, 6) is -0.718. The van der Waals surface area contributed by atoms with Crippen LogP contribution in [0, 0.1) is 0 Å². The number of pyridine rings is 1. The number of carbonyl (C=O) groups is 3. The number of benzodiazepines with no additional fused rings is 1. The number of nitrogens with one attached hydrogen (secondary N) is 3. The Bertz CT molecular complexity index is 1260. The van der Waals surface area contributed by atoms with E-state index in [2.05, 4.69) is 25.9 Å². The summed E-state index contributed by atoms with van der Waals surface area (Å²) in [6.45, 7) is 1.26. The van der Waals surface area contributed by atoms with E-state index in [0.29, 0.717) is 28.3 Å². The molecule has 1 aromatic heterocycles. The van der Waals surface area contributed by atoms with E-state index in [9.17, 15) is 14.4 Å². The second-order valence-corrected chi connectivity index (χ2v) is 7.67. The summed E-state index contributed by atoms with van der Waals surface area (Å²) < 4.78 is 0. The normalized spacial score (nSPS) is 15.0. The minimum absolute atomic E-state index is 0.148. The number of carbonyl (C=O) groups excluding carboxylic acids is 3. The van der Waals surface area contributed by atoms with E-state index in [0.717, 1.165) is 5.69 Å². The maximum atomic E-state index is 13.5. The van der Waals surface area contributed by atoms with Gasteiger partial charge in [-0.15, -0.1) is 0 Å². The summed E-state index contributed by atoms with van der Waals surface area (Å²) in [6, 6.07) is 19.1. The minimum Gasteiger partial charge on any atom is -0.388 e. The number of benzene rings is 2. The Kier molecular flexibility index (Phi) is 6.63. The molecule has 1 atom stereocenters. The van der Waals surface area contributed by atoms with E-state index in [-0.39, 0.29) is 12.3 Å². The maximum Gasteiger partial charge on any atom is 0.321 e. The molecule has 0 spiro atoms. The molecular weight excluding hydrogens is 432 g/mol. The highest BCUT2D eigenvalue weighted by Gasteiger charge is 2.33. The lowest BCUT2D eigenvalue weighted by atomic mass is 10.0. The molecule has 1 aliphatic heterocycles. The summed E-state index contributed by atoms with van der Waals surface area (Å²) >= 11 is 0. The number of fused-ring (bicyclic) bond motifs is 1. The second kappa shape index (κ2) is 9.95. The quantitative estimate of drug-likeness (QED) is 0.527. The van der Waals surface area contributed by atoms with Crippen molar-refractivity contribution in [3.63, 3.8) is 0 Å². The van der Waals surface area contributed by atoms with Crippen LogP contribution in [0.3, 0.4) is 0 Å². The number of nitrogens with zero attached hydrogens (tertiary/aromatic N) is 3. The topological polar surface area (TPSA) is 116 Å². The number of hydrogen-bond acceptors (Lipinski definition) is 6. The summed E-state index contributed by atoms with van der Waals surface area (Å²) in [4.78, 5) is 48.7. The van der Waals surface area contributed by atoms with Gasteiger partial charge in [0.25, 0.3) is 5.91 Å². The molecule has 3 aromatic rings. The van der Waals surface area contributed by atoms with Gasteiger partial charge in [0, 0.05) is 30.2 Å². The molecule has 9 nitrogen and oxygen atoms in total. The van der Waals surface area contributed by atoms with Crippen molar-refractivity contribution in [2.75, 3.05) is 29.1 Å². The van der Waals surface area contributed by atoms with E-state index in [1.54, 1.807) is 55.7 Å². The summed E-state index contributed by atoms with van der Waals surface area (Å²) in [5, 5.41) is 8.37. The molecule has 2 heterocycles. The molecule has 0 saturated carbocycles. The lowest BCUT2D eigenvalue weighted by Crippen LogP contribution is -2.49. The first-order chi connectivity index (χ1) is 16.5. The molecule has 2 aromatic carbocycles. The summed E-state index contributed by atoms with van der Waals surface area (Å²) in [5.41, 5.74) is 3.52. The average molecular weight is 457 g/mol. The van der Waals surface area contributed by atoms with Crippen LogP contribution in [0.25, 0.3) is 0 Å². The first kappa shape index (κ1) is 22.7. The zero-order chi connectivity index (χ0) is 24.1. The number of Topliss-reactive ketones (excluding diaryl/α,β-unsaturated/α-hetero) is 1. The van der Waals surface area contributed by atoms with Crippen LogP contribution < -0.4 is 20.9 Å². The molecule has 3 amide bonds. The summed E-state index contributed by atoms with van der Waals surface area (Å²) in [7, 11) is 1.78. The molecule has 0 saturated heterocycles. The van der Waals surface area contributed by atoms with Crippen molar-refractivity contribution in [2.24, 2.45) is 4.99 Å². The molecule has 0 bridgehead atoms. The highest BCUT2D eigenvalue weighted by atomic mass is 16.2. The van der Waals surface area contributed by atoms with Gasteiger partial charge in [-0.2, -0.15) is 0 Å². The Hall–Kier alpha value is -4.53. The molecule has 0 unspecified atom stereocenters. The third kappa shape index (κ3) is 4.93. The Morgan fingerprint density at radius 3 is 2.50 bits per heavy atom. The average Bonchev–Trinajstić information content (AvgIpc) is 2.95. The van der Waals surface area contributed by atoms with Crippen LogP contribution >= 0.6 is 0 Å². The van der Waals surface area contributed by atoms with Crippen LogP contribution in [0.2, 0.25) is 0 Å². The van der Waals surface area contributed by atoms with Gasteiger partial charge in [-0.25, -0.2) is 9.79 Å². The van der Waals surface area contributed by atoms with Gasteiger partial charge in [0.1, 0.15) is 5.78 Å². The van der Waals surface area contributed by atoms with Crippen molar-refractivity contribution in [3.8, 4) is 0 Å². The first-order valence-corrected chi connectivity index (χ1v) is 10.7. The lowest BCUT2D eigenvalue weighted by molar-refractivity contribution is -0.123. The number of rotatable bonds is 6. The molecule has 172 valence electrons. The van der Waals surface area contributed by atoms with Crippen LogP contribution in [-0.2, 0) is 9.59 Å². The number of aromatic nitrogens is 1. The van der Waals surface area contributed by atoms with E-state index in [4.69, 9.17) is 0 Å². The molecular formula is C25H24N6O3. The Morgan fingerprint density at radius 1 is 1.00 bits per heavy atom. The molecule has 9 heteroatoms. The van der Waals surface area contributed by atoms with Gasteiger partial charge in [-0.3, -0.25) is 14.6 Å². The highest BCUT2D eigenvalue weighted by molar-refractivity contribution is 6.20. The molecule has 3 N–H and O–H groups in total. The van der Waals surface area contributed by atoms with Crippen molar-refractivity contribution < 1.29 is 14.4 Å². The second-order valence-electron chi connectivity index (χ2n) is 7.67. The highest BCUT2D eigenvalue weighted by Crippen LogP contribution is 2.27. The zero-order valence-corrected chi connectivity index (χ0v) is 18.8. The van der Waals surface area contributed by atoms with Crippen molar-refractivity contribution in [3.05, 3.63) is 84.2 Å². The third-order valence-corrected chi connectivity index (χ3v) is 5.17. The fourth-order valence-electron chi connectivity index (χ4n) is 3.66. The monoisotopic (exact) mass is 456 g/mol. The van der Waals surface area contributed by atoms with Crippen molar-refractivity contribution in [1.29, 1.82) is 0 Å². The van der Waals surface area contributed by atoms with Gasteiger partial charge in [-0.1, -0.05) is 30.3 Å². The third-order valence-electron chi connectivity index (χ3n) is 5.17. The molecule has 0 fully saturated rings. The van der Waals surface area contributed by atoms with Gasteiger partial charge >= 0.3 is 6.03 Å². The predicted molar refractivity (Wildman–Crippen MR) is 131 cm³/mol. The lowest BCUT2D eigenvalue weighted by Gasteiger charge is -2.24. The van der Waals surface area contributed by atoms with Gasteiger partial charge in [-0.05, 0) is 43.3 Å². The Morgan fingerprint density at radius 2 is 1.76 bits per heavy atom. The number of amides is 3. The zero-order valence-electron chi connectivity index (χ0n) is 18.8. The number of ketones is 1. The molecule has 4 rings (SSSR count). The van der Waals surface area contributed by atoms with E-state index in [1.807, 2.05) is 24.3 Å². The van der Waals surface area contributed by atoms with E-state index < -0.39 is 18.1 Å². The minimum atomic E-state index is -1.27. The SMILES string of the molecule is CNc1cccc(NC(=O)N[C@H]2N=C(c3ccccn3)c3ccccc3N(CC(C)=O)C2=O)c1. The summed E-state index contributed by atoms with van der Waals surface area (Å²) in [6.07, 6.45) is 0.362. The number of para-hydroxylation sites is 1. The maximum absolute atomic E-state index is 13.5. The van der Waals surface area contributed by atoms with Crippen molar-refractivity contribution in [1.82, 2.24) is 10.3 Å². The smallest absolute Gasteiger partial charge is 0.321 e. The fourth-order valence-corrected chi connectivity index (χ4v) is 3.66. The van der Waals surface area contributed by atoms with Gasteiger partial charge in [0.2, 0.25) is 6.17 Å². The van der Waals surface area contributed by atoms with Crippen LogP contribution in [0.5, 0.6) is 0 Å². The van der Waals surface area contributed by atoms with Crippen LogP contribution in [0.15, 0.2) is 77.9 Å². The van der Waals surface area contributed by atoms with Gasteiger partial charge in [0.15, 0.2) is 0 Å². The van der Waals surface area contributed by atoms with Crippen LogP contribution in [-0.4, -0.2) is 48.2 Å². The molecule has 0 aliphatic carbocycles. The van der Waals surface area contributed by atoms with Crippen LogP contribution in [0.4, 0.5) is 21.9 Å². The first-order valence-electron chi connectivity index (χ1n) is 10.7. The standard InChI is InChI=1S/C25H24N6O3/c1-16(32)15-31-21-12-4-3-10-19(21)22(20-11-5-6-13-27-20)29-23(24(31)33)30-25(34)28-18-9-7-8-17(14-18)26-2/h3-14,23,26H,15H2,1-2H3,(H2,28,30,34)/t23-/m1/s1. The van der Waals surface area contributed by atoms with E-state index >= 15 is 0 Å². The number of aliphatic imine (C=N–C) groups is 1. The van der Waals surface area contributed by atoms with Gasteiger partial charge in [0.05, 0.1) is 23.6 Å². The predicted octanol–water partition coefficient (Wildman–Crippen LogP) is 3.04. The Labute approximate surface area is 196 Å². The van der Waals surface area contributed by atoms with Crippen molar-refractivity contribution in [2.45, 2.75) is 13.1 Å². The van der Waals surface area contributed by atoms with Crippen molar-refractivity contribution >= 4 is 40.5 Å². The molecule has 0 radical (unpaired) electrons. The number of hydrogen-bond donors (Lipinski definition) is 3. The van der Waals surface area contributed by atoms with E-state index in [1.165, 1.54) is 11.8 Å². The number of urea groups is 1. The molecule has 34 heavy (non-hydrogen) atoms.